The molecule has 0 saturated carbocycles. The molecule has 1 aromatic carbocycles. The molecule has 1 aliphatic rings. The summed E-state index contributed by atoms with van der Waals surface area (Å²) in [5.41, 5.74) is 2.18. The summed E-state index contributed by atoms with van der Waals surface area (Å²) in [7, 11) is 0. The summed E-state index contributed by atoms with van der Waals surface area (Å²) in [5.74, 6) is 1.36. The fourth-order valence-corrected chi connectivity index (χ4v) is 2.55. The van der Waals surface area contributed by atoms with E-state index in [-0.39, 0.29) is 11.1 Å². The molecular weight excluding hydrogens is 292 g/mol. The molecule has 5 heteroatoms. The first-order valence-corrected chi connectivity index (χ1v) is 7.28. The van der Waals surface area contributed by atoms with Crippen LogP contribution in [0.4, 0.5) is 0 Å². The second kappa shape index (κ2) is 6.01. The summed E-state index contributed by atoms with van der Waals surface area (Å²) < 4.78 is 12.7. The Bertz CT molecular complexity index is 875. The molecule has 1 aromatic heterocycles. The number of hydrogen-bond acceptors (Lipinski definition) is 4. The van der Waals surface area contributed by atoms with Crippen LogP contribution in [0.3, 0.4) is 0 Å². The molecule has 5 nitrogen and oxygen atoms in total. The van der Waals surface area contributed by atoms with E-state index in [1.54, 1.807) is 16.7 Å². The molecule has 0 unspecified atom stereocenters. The molecule has 0 N–H and O–H groups in total. The summed E-state index contributed by atoms with van der Waals surface area (Å²) in [6.45, 7) is 7.10. The number of nitrogens with zero attached hydrogens (tertiary/aromatic N) is 2. The van der Waals surface area contributed by atoms with E-state index < -0.39 is 0 Å². The van der Waals surface area contributed by atoms with Gasteiger partial charge in [-0.2, -0.15) is 5.26 Å². The first kappa shape index (κ1) is 14.9. The zero-order valence-electron chi connectivity index (χ0n) is 12.8. The van der Waals surface area contributed by atoms with Gasteiger partial charge < -0.3 is 14.0 Å². The topological polar surface area (TPSA) is 64.2 Å². The third kappa shape index (κ3) is 2.84. The molecule has 0 atom stereocenters. The summed E-state index contributed by atoms with van der Waals surface area (Å²) in [4.78, 5) is 12.5. The standard InChI is InChI=1S/C18H16N2O3/c1-12(2)11-20-15(5-3-14(10-19)18(20)21)13-4-6-16-17(9-13)23-8-7-22-16/h3-6,9H,1,7-8,11H2,2H3. The van der Waals surface area contributed by atoms with Gasteiger partial charge >= 0.3 is 0 Å². The van der Waals surface area contributed by atoms with Crippen molar-refractivity contribution in [3.63, 3.8) is 0 Å². The van der Waals surface area contributed by atoms with Gasteiger partial charge in [0.1, 0.15) is 24.8 Å². The molecule has 1 aliphatic heterocycles. The van der Waals surface area contributed by atoms with E-state index in [4.69, 9.17) is 14.7 Å². The number of rotatable bonds is 3. The van der Waals surface area contributed by atoms with Gasteiger partial charge in [0.15, 0.2) is 11.5 Å². The van der Waals surface area contributed by atoms with Crippen LogP contribution in [0.15, 0.2) is 47.3 Å². The summed E-state index contributed by atoms with van der Waals surface area (Å²) in [6, 6.07) is 10.8. The van der Waals surface area contributed by atoms with E-state index in [9.17, 15) is 4.79 Å². The van der Waals surface area contributed by atoms with Gasteiger partial charge in [0.05, 0.1) is 5.69 Å². The molecule has 3 rings (SSSR count). The summed E-state index contributed by atoms with van der Waals surface area (Å²) in [5, 5.41) is 9.07. The van der Waals surface area contributed by atoms with Crippen LogP contribution in [0.25, 0.3) is 11.3 Å². The maximum absolute atomic E-state index is 12.5. The molecule has 0 aliphatic carbocycles. The normalized spacial score (nSPS) is 12.5. The highest BCUT2D eigenvalue weighted by Crippen LogP contribution is 2.34. The third-order valence-corrected chi connectivity index (χ3v) is 3.56. The van der Waals surface area contributed by atoms with Gasteiger partial charge in [-0.1, -0.05) is 12.2 Å². The number of allylic oxidation sites excluding steroid dienone is 1. The Kier molecular flexibility index (Phi) is 3.90. The summed E-state index contributed by atoms with van der Waals surface area (Å²) in [6.07, 6.45) is 0. The monoisotopic (exact) mass is 308 g/mol. The Labute approximate surface area is 134 Å². The van der Waals surface area contributed by atoms with E-state index in [0.29, 0.717) is 37.0 Å². The number of aromatic nitrogens is 1. The number of fused-ring (bicyclic) bond motifs is 1. The molecule has 0 spiro atoms. The van der Waals surface area contributed by atoms with Crippen LogP contribution >= 0.6 is 0 Å². The van der Waals surface area contributed by atoms with Crippen LogP contribution in [-0.4, -0.2) is 17.8 Å². The van der Waals surface area contributed by atoms with Gasteiger partial charge in [0.25, 0.3) is 5.56 Å². The maximum atomic E-state index is 12.5. The van der Waals surface area contributed by atoms with Crippen molar-refractivity contribution < 1.29 is 9.47 Å². The highest BCUT2D eigenvalue weighted by Gasteiger charge is 2.15. The van der Waals surface area contributed by atoms with Crippen molar-refractivity contribution in [3.05, 3.63) is 58.4 Å². The van der Waals surface area contributed by atoms with Gasteiger partial charge in [-0.25, -0.2) is 0 Å². The van der Waals surface area contributed by atoms with Crippen LogP contribution in [0, 0.1) is 11.3 Å². The van der Waals surface area contributed by atoms with Crippen molar-refractivity contribution in [2.24, 2.45) is 0 Å². The van der Waals surface area contributed by atoms with Crippen molar-refractivity contribution in [3.8, 4) is 28.8 Å². The van der Waals surface area contributed by atoms with Crippen LogP contribution in [0.1, 0.15) is 12.5 Å². The minimum absolute atomic E-state index is 0.118. The van der Waals surface area contributed by atoms with Gasteiger partial charge in [0.2, 0.25) is 0 Å². The zero-order valence-corrected chi connectivity index (χ0v) is 12.8. The Hall–Kier alpha value is -3.00. The average molecular weight is 308 g/mol. The predicted octanol–water partition coefficient (Wildman–Crippen LogP) is 2.73. The Morgan fingerprint density at radius 1 is 1.26 bits per heavy atom. The Morgan fingerprint density at radius 2 is 2.00 bits per heavy atom. The average Bonchev–Trinajstić information content (AvgIpc) is 2.56. The Morgan fingerprint density at radius 3 is 2.70 bits per heavy atom. The number of pyridine rings is 1. The number of nitriles is 1. The molecule has 23 heavy (non-hydrogen) atoms. The van der Waals surface area contributed by atoms with Crippen LogP contribution < -0.4 is 15.0 Å². The predicted molar refractivity (Wildman–Crippen MR) is 86.7 cm³/mol. The SMILES string of the molecule is C=C(C)Cn1c(-c2ccc3c(c2)OCCO3)ccc(C#N)c1=O. The number of hydrogen-bond donors (Lipinski definition) is 0. The third-order valence-electron chi connectivity index (χ3n) is 3.56. The zero-order chi connectivity index (χ0) is 16.4. The molecule has 0 amide bonds. The fraction of sp³-hybridized carbons (Fsp3) is 0.222. The van der Waals surface area contributed by atoms with E-state index in [2.05, 4.69) is 6.58 Å². The molecule has 0 fully saturated rings. The van der Waals surface area contributed by atoms with Crippen molar-refractivity contribution in [1.82, 2.24) is 4.57 Å². The first-order chi connectivity index (χ1) is 11.1. The maximum Gasteiger partial charge on any atom is 0.269 e. The van der Waals surface area contributed by atoms with Crippen molar-refractivity contribution >= 4 is 0 Å². The van der Waals surface area contributed by atoms with E-state index in [0.717, 1.165) is 11.1 Å². The number of ether oxygens (including phenoxy) is 2. The lowest BCUT2D eigenvalue weighted by molar-refractivity contribution is 0.171. The second-order valence-electron chi connectivity index (χ2n) is 5.45. The van der Waals surface area contributed by atoms with Crippen LogP contribution in [-0.2, 0) is 6.54 Å². The largest absolute Gasteiger partial charge is 0.486 e. The lowest BCUT2D eigenvalue weighted by atomic mass is 10.1. The first-order valence-electron chi connectivity index (χ1n) is 7.28. The highest BCUT2D eigenvalue weighted by atomic mass is 16.6. The Balaban J connectivity index is 2.16. The molecular formula is C18H16N2O3. The van der Waals surface area contributed by atoms with Gasteiger partial charge in [-0.15, -0.1) is 0 Å². The van der Waals surface area contributed by atoms with Crippen molar-refractivity contribution in [2.75, 3.05) is 13.2 Å². The van der Waals surface area contributed by atoms with Crippen molar-refractivity contribution in [1.29, 1.82) is 5.26 Å². The lowest BCUT2D eigenvalue weighted by Gasteiger charge is -2.20. The van der Waals surface area contributed by atoms with E-state index in [1.165, 1.54) is 0 Å². The molecule has 2 aromatic rings. The minimum atomic E-state index is -0.317. The molecule has 2 heterocycles. The summed E-state index contributed by atoms with van der Waals surface area (Å²) >= 11 is 0. The molecule has 0 radical (unpaired) electrons. The second-order valence-corrected chi connectivity index (χ2v) is 5.45. The van der Waals surface area contributed by atoms with E-state index in [1.807, 2.05) is 31.2 Å². The smallest absolute Gasteiger partial charge is 0.269 e. The van der Waals surface area contributed by atoms with Gasteiger partial charge in [-0.3, -0.25) is 4.79 Å². The molecule has 0 saturated heterocycles. The number of benzene rings is 1. The molecule has 116 valence electrons. The van der Waals surface area contributed by atoms with Crippen LogP contribution in [0.2, 0.25) is 0 Å². The van der Waals surface area contributed by atoms with Gasteiger partial charge in [-0.05, 0) is 37.3 Å². The van der Waals surface area contributed by atoms with E-state index >= 15 is 0 Å². The molecule has 0 bridgehead atoms. The quantitative estimate of drug-likeness (QED) is 0.818. The van der Waals surface area contributed by atoms with Gasteiger partial charge in [0, 0.05) is 12.1 Å². The fourth-order valence-electron chi connectivity index (χ4n) is 2.55. The lowest BCUT2D eigenvalue weighted by Crippen LogP contribution is -2.24. The van der Waals surface area contributed by atoms with Crippen molar-refractivity contribution in [2.45, 2.75) is 13.5 Å². The van der Waals surface area contributed by atoms with Crippen LogP contribution in [0.5, 0.6) is 11.5 Å². The highest BCUT2D eigenvalue weighted by molar-refractivity contribution is 5.65. The minimum Gasteiger partial charge on any atom is -0.486 e.